The molecule has 0 radical (unpaired) electrons. The molecular formula is C14H23NOS. The molecule has 2 nitrogen and oxygen atoms in total. The van der Waals surface area contributed by atoms with Crippen molar-refractivity contribution >= 4 is 11.3 Å². The molecule has 1 saturated carbocycles. The van der Waals surface area contributed by atoms with Gasteiger partial charge in [-0.05, 0) is 30.7 Å². The molecule has 0 aliphatic heterocycles. The van der Waals surface area contributed by atoms with Crippen molar-refractivity contribution in [2.45, 2.75) is 63.6 Å². The van der Waals surface area contributed by atoms with E-state index in [0.29, 0.717) is 12.1 Å². The maximum Gasteiger partial charge on any atom is 0.0693 e. The van der Waals surface area contributed by atoms with E-state index in [1.807, 2.05) is 11.3 Å². The SMILES string of the molecule is CCCC(N[C@@H]1CCCC[C@H]1O)c1cccs1. The molecule has 1 aliphatic rings. The lowest BCUT2D eigenvalue weighted by Gasteiger charge is -2.32. The van der Waals surface area contributed by atoms with E-state index < -0.39 is 0 Å². The number of hydrogen-bond acceptors (Lipinski definition) is 3. The molecule has 1 aliphatic carbocycles. The first-order valence-electron chi connectivity index (χ1n) is 6.78. The summed E-state index contributed by atoms with van der Waals surface area (Å²) in [5.74, 6) is 0. The van der Waals surface area contributed by atoms with Crippen LogP contribution in [0.15, 0.2) is 17.5 Å². The van der Waals surface area contributed by atoms with Crippen LogP contribution in [0.1, 0.15) is 56.4 Å². The second kappa shape index (κ2) is 6.53. The van der Waals surface area contributed by atoms with Gasteiger partial charge in [0, 0.05) is 17.0 Å². The predicted octanol–water partition coefficient (Wildman–Crippen LogP) is 3.48. The van der Waals surface area contributed by atoms with Crippen LogP contribution < -0.4 is 5.32 Å². The molecule has 1 fully saturated rings. The lowest BCUT2D eigenvalue weighted by atomic mass is 9.91. The van der Waals surface area contributed by atoms with E-state index in [1.54, 1.807) is 0 Å². The van der Waals surface area contributed by atoms with Crippen LogP contribution in [0.25, 0.3) is 0 Å². The molecule has 0 aromatic carbocycles. The van der Waals surface area contributed by atoms with Gasteiger partial charge in [0.25, 0.3) is 0 Å². The highest BCUT2D eigenvalue weighted by Crippen LogP contribution is 2.27. The third-order valence-corrected chi connectivity index (χ3v) is 4.59. The molecule has 0 amide bonds. The topological polar surface area (TPSA) is 32.3 Å². The highest BCUT2D eigenvalue weighted by molar-refractivity contribution is 7.10. The second-order valence-electron chi connectivity index (χ2n) is 4.98. The summed E-state index contributed by atoms with van der Waals surface area (Å²) >= 11 is 1.82. The summed E-state index contributed by atoms with van der Waals surface area (Å²) < 4.78 is 0. The van der Waals surface area contributed by atoms with Crippen LogP contribution in [-0.4, -0.2) is 17.3 Å². The van der Waals surface area contributed by atoms with Crippen molar-refractivity contribution in [3.8, 4) is 0 Å². The Morgan fingerprint density at radius 1 is 1.47 bits per heavy atom. The van der Waals surface area contributed by atoms with Crippen LogP contribution in [0.3, 0.4) is 0 Å². The molecule has 17 heavy (non-hydrogen) atoms. The van der Waals surface area contributed by atoms with Gasteiger partial charge in [-0.3, -0.25) is 0 Å². The first kappa shape index (κ1) is 13.1. The molecule has 96 valence electrons. The van der Waals surface area contributed by atoms with Crippen molar-refractivity contribution in [3.05, 3.63) is 22.4 Å². The highest BCUT2D eigenvalue weighted by Gasteiger charge is 2.25. The van der Waals surface area contributed by atoms with E-state index in [2.05, 4.69) is 29.8 Å². The van der Waals surface area contributed by atoms with Crippen molar-refractivity contribution in [2.24, 2.45) is 0 Å². The van der Waals surface area contributed by atoms with Crippen molar-refractivity contribution in [3.63, 3.8) is 0 Å². The number of aliphatic hydroxyl groups is 1. The van der Waals surface area contributed by atoms with E-state index in [1.165, 1.54) is 24.1 Å². The van der Waals surface area contributed by atoms with Crippen LogP contribution in [0.5, 0.6) is 0 Å². The van der Waals surface area contributed by atoms with Gasteiger partial charge in [0.2, 0.25) is 0 Å². The molecule has 3 heteroatoms. The fourth-order valence-electron chi connectivity index (χ4n) is 2.65. The van der Waals surface area contributed by atoms with E-state index in [9.17, 15) is 5.11 Å². The Kier molecular flexibility index (Phi) is 5.01. The molecule has 1 aromatic heterocycles. The van der Waals surface area contributed by atoms with Crippen molar-refractivity contribution < 1.29 is 5.11 Å². The van der Waals surface area contributed by atoms with Gasteiger partial charge in [-0.15, -0.1) is 11.3 Å². The Morgan fingerprint density at radius 2 is 2.29 bits per heavy atom. The van der Waals surface area contributed by atoms with Crippen LogP contribution >= 0.6 is 11.3 Å². The van der Waals surface area contributed by atoms with Gasteiger partial charge in [-0.25, -0.2) is 0 Å². The Bertz CT molecular complexity index is 312. The Hall–Kier alpha value is -0.380. The van der Waals surface area contributed by atoms with Crippen LogP contribution in [0, 0.1) is 0 Å². The Morgan fingerprint density at radius 3 is 2.94 bits per heavy atom. The average Bonchev–Trinajstić information content (AvgIpc) is 2.85. The monoisotopic (exact) mass is 253 g/mol. The number of hydrogen-bond donors (Lipinski definition) is 2. The molecular weight excluding hydrogens is 230 g/mol. The summed E-state index contributed by atoms with van der Waals surface area (Å²) in [6, 6.07) is 5.04. The minimum Gasteiger partial charge on any atom is -0.392 e. The van der Waals surface area contributed by atoms with E-state index in [0.717, 1.165) is 19.3 Å². The summed E-state index contributed by atoms with van der Waals surface area (Å²) in [5, 5.41) is 15.8. The first-order valence-corrected chi connectivity index (χ1v) is 7.66. The maximum absolute atomic E-state index is 10.0. The number of rotatable bonds is 5. The quantitative estimate of drug-likeness (QED) is 0.842. The van der Waals surface area contributed by atoms with Gasteiger partial charge in [0.15, 0.2) is 0 Å². The summed E-state index contributed by atoms with van der Waals surface area (Å²) in [4.78, 5) is 1.41. The zero-order chi connectivity index (χ0) is 12.1. The van der Waals surface area contributed by atoms with Crippen LogP contribution in [0.4, 0.5) is 0 Å². The van der Waals surface area contributed by atoms with Crippen molar-refractivity contribution in [2.75, 3.05) is 0 Å². The summed E-state index contributed by atoms with van der Waals surface area (Å²) in [7, 11) is 0. The third kappa shape index (κ3) is 3.54. The summed E-state index contributed by atoms with van der Waals surface area (Å²) in [6.07, 6.45) is 6.69. The minimum absolute atomic E-state index is 0.150. The molecule has 0 bridgehead atoms. The summed E-state index contributed by atoms with van der Waals surface area (Å²) in [5.41, 5.74) is 0. The number of thiophene rings is 1. The van der Waals surface area contributed by atoms with E-state index in [4.69, 9.17) is 0 Å². The number of aliphatic hydroxyl groups excluding tert-OH is 1. The molecule has 1 aromatic rings. The maximum atomic E-state index is 10.0. The number of nitrogens with one attached hydrogen (secondary N) is 1. The van der Waals surface area contributed by atoms with Crippen LogP contribution in [0.2, 0.25) is 0 Å². The molecule has 3 atom stereocenters. The lowest BCUT2D eigenvalue weighted by molar-refractivity contribution is 0.0843. The molecule has 2 rings (SSSR count). The summed E-state index contributed by atoms with van der Waals surface area (Å²) in [6.45, 7) is 2.22. The zero-order valence-electron chi connectivity index (χ0n) is 10.6. The normalized spacial score (nSPS) is 26.9. The second-order valence-corrected chi connectivity index (χ2v) is 5.96. The average molecular weight is 253 g/mol. The minimum atomic E-state index is -0.150. The molecule has 1 unspecified atom stereocenters. The predicted molar refractivity (Wildman–Crippen MR) is 73.4 cm³/mol. The zero-order valence-corrected chi connectivity index (χ0v) is 11.4. The van der Waals surface area contributed by atoms with Crippen molar-refractivity contribution in [1.82, 2.24) is 5.32 Å². The van der Waals surface area contributed by atoms with Gasteiger partial charge in [-0.2, -0.15) is 0 Å². The van der Waals surface area contributed by atoms with E-state index in [-0.39, 0.29) is 6.10 Å². The lowest BCUT2D eigenvalue weighted by Crippen LogP contribution is -2.43. The standard InChI is InChI=1S/C14H23NOS/c1-2-6-12(14-9-5-10-17-14)15-11-7-3-4-8-13(11)16/h5,9-13,15-16H,2-4,6-8H2,1H3/t11-,12?,13-/m1/s1. The van der Waals surface area contributed by atoms with E-state index >= 15 is 0 Å². The fourth-order valence-corrected chi connectivity index (χ4v) is 3.47. The van der Waals surface area contributed by atoms with Gasteiger partial charge < -0.3 is 10.4 Å². The Labute approximate surface area is 108 Å². The van der Waals surface area contributed by atoms with Gasteiger partial charge in [0.1, 0.15) is 0 Å². The van der Waals surface area contributed by atoms with Gasteiger partial charge in [0.05, 0.1) is 6.10 Å². The van der Waals surface area contributed by atoms with Crippen molar-refractivity contribution in [1.29, 1.82) is 0 Å². The Balaban J connectivity index is 1.97. The first-order chi connectivity index (χ1) is 8.31. The van der Waals surface area contributed by atoms with Gasteiger partial charge in [-0.1, -0.05) is 32.3 Å². The third-order valence-electron chi connectivity index (χ3n) is 3.61. The molecule has 0 saturated heterocycles. The molecule has 0 spiro atoms. The molecule has 1 heterocycles. The molecule has 2 N–H and O–H groups in total. The fraction of sp³-hybridized carbons (Fsp3) is 0.714. The largest absolute Gasteiger partial charge is 0.392 e. The highest BCUT2D eigenvalue weighted by atomic mass is 32.1. The smallest absolute Gasteiger partial charge is 0.0693 e. The van der Waals surface area contributed by atoms with Gasteiger partial charge >= 0.3 is 0 Å². The van der Waals surface area contributed by atoms with Crippen LogP contribution in [-0.2, 0) is 0 Å².